The molecular weight excluding hydrogens is 188 g/mol. The summed E-state index contributed by atoms with van der Waals surface area (Å²) in [5.41, 5.74) is 0. The lowest BCUT2D eigenvalue weighted by molar-refractivity contribution is -0.0975. The molecule has 1 aromatic rings. The molecule has 0 bridgehead atoms. The first-order chi connectivity index (χ1) is 6.77. The highest BCUT2D eigenvalue weighted by atomic mass is 16.7. The smallest absolute Gasteiger partial charge is 0.288 e. The van der Waals surface area contributed by atoms with Gasteiger partial charge in [-0.2, -0.15) is 0 Å². The Bertz CT molecular complexity index is 269. The lowest BCUT2D eigenvalue weighted by Crippen LogP contribution is -2.33. The topological polar surface area (TPSA) is 73.6 Å². The van der Waals surface area contributed by atoms with E-state index in [-0.39, 0.29) is 18.2 Å². The van der Waals surface area contributed by atoms with Crippen molar-refractivity contribution >= 4 is 5.91 Å². The normalized spacial score (nSPS) is 10.5. The van der Waals surface area contributed by atoms with Crippen LogP contribution in [0.2, 0.25) is 0 Å². The molecule has 6 heteroatoms. The predicted molar refractivity (Wildman–Crippen MR) is 46.6 cm³/mol. The third-order valence-electron chi connectivity index (χ3n) is 1.61. The molecule has 0 aliphatic heterocycles. The monoisotopic (exact) mass is 200 g/mol. The largest absolute Gasteiger partial charge is 0.438 e. The van der Waals surface area contributed by atoms with Gasteiger partial charge in [0.1, 0.15) is 0 Å². The second-order valence-corrected chi connectivity index (χ2v) is 2.48. The van der Waals surface area contributed by atoms with Gasteiger partial charge in [-0.05, 0) is 0 Å². The molecule has 1 amide bonds. The van der Waals surface area contributed by atoms with Crippen molar-refractivity contribution in [1.29, 1.82) is 0 Å². The molecule has 0 unspecified atom stereocenters. The molecule has 0 saturated heterocycles. The van der Waals surface area contributed by atoms with Crippen LogP contribution >= 0.6 is 0 Å². The molecule has 0 saturated carbocycles. The van der Waals surface area contributed by atoms with E-state index in [2.05, 4.69) is 10.3 Å². The van der Waals surface area contributed by atoms with Gasteiger partial charge in [-0.3, -0.25) is 4.79 Å². The molecule has 1 rings (SSSR count). The lowest BCUT2D eigenvalue weighted by Gasteiger charge is -2.12. The summed E-state index contributed by atoms with van der Waals surface area (Å²) in [7, 11) is 2.99. The van der Waals surface area contributed by atoms with E-state index in [0.717, 1.165) is 0 Å². The average Bonchev–Trinajstić information content (AvgIpc) is 2.72. The minimum Gasteiger partial charge on any atom is -0.438 e. The van der Waals surface area contributed by atoms with Crippen LogP contribution in [-0.4, -0.2) is 37.9 Å². The summed E-state index contributed by atoms with van der Waals surface area (Å²) in [6.45, 7) is 0.256. The first-order valence-corrected chi connectivity index (χ1v) is 4.00. The van der Waals surface area contributed by atoms with Crippen LogP contribution in [0.3, 0.4) is 0 Å². The van der Waals surface area contributed by atoms with E-state index >= 15 is 0 Å². The Balaban J connectivity index is 2.35. The number of rotatable bonds is 5. The Hall–Kier alpha value is -1.40. The summed E-state index contributed by atoms with van der Waals surface area (Å²) in [4.78, 5) is 14.9. The van der Waals surface area contributed by atoms with Gasteiger partial charge in [-0.25, -0.2) is 4.98 Å². The summed E-state index contributed by atoms with van der Waals surface area (Å²) in [5, 5.41) is 2.56. The number of amides is 1. The van der Waals surface area contributed by atoms with Crippen LogP contribution in [-0.2, 0) is 9.47 Å². The van der Waals surface area contributed by atoms with Gasteiger partial charge in [-0.15, -0.1) is 0 Å². The van der Waals surface area contributed by atoms with Crippen molar-refractivity contribution in [3.63, 3.8) is 0 Å². The van der Waals surface area contributed by atoms with Gasteiger partial charge in [0.15, 0.2) is 12.7 Å². The van der Waals surface area contributed by atoms with Gasteiger partial charge in [0.2, 0.25) is 5.76 Å². The second kappa shape index (κ2) is 5.36. The van der Waals surface area contributed by atoms with E-state index in [1.807, 2.05) is 0 Å². The minimum absolute atomic E-state index is 0.163. The zero-order valence-electron chi connectivity index (χ0n) is 8.02. The van der Waals surface area contributed by atoms with Gasteiger partial charge in [-0.1, -0.05) is 0 Å². The molecule has 0 aliphatic carbocycles. The van der Waals surface area contributed by atoms with Crippen molar-refractivity contribution in [3.8, 4) is 0 Å². The number of nitrogens with zero attached hydrogens (tertiary/aromatic N) is 1. The number of methoxy groups -OCH3 is 2. The molecular formula is C8H12N2O4. The highest BCUT2D eigenvalue weighted by Gasteiger charge is 2.11. The Labute approximate surface area is 81.2 Å². The van der Waals surface area contributed by atoms with E-state index in [1.54, 1.807) is 0 Å². The zero-order valence-corrected chi connectivity index (χ0v) is 8.02. The molecule has 0 aromatic carbocycles. The van der Waals surface area contributed by atoms with Crippen LogP contribution in [0.4, 0.5) is 0 Å². The van der Waals surface area contributed by atoms with Gasteiger partial charge >= 0.3 is 0 Å². The molecule has 0 spiro atoms. The number of nitrogens with one attached hydrogen (secondary N) is 1. The van der Waals surface area contributed by atoms with Gasteiger partial charge in [0.25, 0.3) is 5.91 Å². The standard InChI is InChI=1S/C8H12N2O4/c1-12-7(13-2)4-10-8(11)6-3-9-5-14-6/h3,5,7H,4H2,1-2H3,(H,10,11). The van der Waals surface area contributed by atoms with Crippen molar-refractivity contribution in [2.45, 2.75) is 6.29 Å². The Morgan fingerprint density at radius 2 is 2.36 bits per heavy atom. The maximum absolute atomic E-state index is 11.3. The molecule has 14 heavy (non-hydrogen) atoms. The van der Waals surface area contributed by atoms with Gasteiger partial charge in [0, 0.05) is 14.2 Å². The molecule has 78 valence electrons. The molecule has 0 aliphatic rings. The maximum Gasteiger partial charge on any atom is 0.288 e. The number of carbonyl (C=O) groups excluding carboxylic acids is 1. The molecule has 0 atom stereocenters. The van der Waals surface area contributed by atoms with Crippen molar-refractivity contribution in [2.24, 2.45) is 0 Å². The number of oxazole rings is 1. The van der Waals surface area contributed by atoms with E-state index in [1.165, 1.54) is 26.8 Å². The minimum atomic E-state index is -0.457. The zero-order chi connectivity index (χ0) is 10.4. The lowest BCUT2D eigenvalue weighted by atomic mass is 10.4. The van der Waals surface area contributed by atoms with Crippen LogP contribution in [0, 0.1) is 0 Å². The number of aromatic nitrogens is 1. The van der Waals surface area contributed by atoms with Crippen LogP contribution in [0.15, 0.2) is 17.0 Å². The molecule has 1 N–H and O–H groups in total. The molecule has 1 aromatic heterocycles. The Morgan fingerprint density at radius 1 is 1.64 bits per heavy atom. The molecule has 6 nitrogen and oxygen atoms in total. The Morgan fingerprint density at radius 3 is 2.86 bits per heavy atom. The van der Waals surface area contributed by atoms with Crippen molar-refractivity contribution in [3.05, 3.63) is 18.4 Å². The van der Waals surface area contributed by atoms with E-state index in [4.69, 9.17) is 13.9 Å². The molecule has 0 fully saturated rings. The fourth-order valence-electron chi connectivity index (χ4n) is 0.854. The third kappa shape index (κ3) is 2.82. The first-order valence-electron chi connectivity index (χ1n) is 4.00. The number of hydrogen-bond donors (Lipinski definition) is 1. The van der Waals surface area contributed by atoms with E-state index < -0.39 is 6.29 Å². The summed E-state index contributed by atoms with van der Waals surface area (Å²) in [5.74, 6) is -0.183. The summed E-state index contributed by atoms with van der Waals surface area (Å²) in [6.07, 6.45) is 2.07. The van der Waals surface area contributed by atoms with Gasteiger partial charge < -0.3 is 19.2 Å². The molecule has 1 heterocycles. The van der Waals surface area contributed by atoms with Crippen molar-refractivity contribution in [2.75, 3.05) is 20.8 Å². The summed E-state index contributed by atoms with van der Waals surface area (Å²) >= 11 is 0. The van der Waals surface area contributed by atoms with Crippen molar-refractivity contribution in [1.82, 2.24) is 10.3 Å². The highest BCUT2D eigenvalue weighted by molar-refractivity contribution is 5.90. The number of hydrogen-bond acceptors (Lipinski definition) is 5. The summed E-state index contributed by atoms with van der Waals surface area (Å²) < 4.78 is 14.6. The van der Waals surface area contributed by atoms with Crippen LogP contribution in [0.5, 0.6) is 0 Å². The van der Waals surface area contributed by atoms with Crippen molar-refractivity contribution < 1.29 is 18.7 Å². The number of ether oxygens (including phenoxy) is 2. The van der Waals surface area contributed by atoms with E-state index in [0.29, 0.717) is 0 Å². The van der Waals surface area contributed by atoms with Crippen LogP contribution in [0.1, 0.15) is 10.6 Å². The molecule has 0 radical (unpaired) electrons. The fraction of sp³-hybridized carbons (Fsp3) is 0.500. The van der Waals surface area contributed by atoms with Gasteiger partial charge in [0.05, 0.1) is 12.7 Å². The first kappa shape index (κ1) is 10.7. The summed E-state index contributed by atoms with van der Waals surface area (Å²) in [6, 6.07) is 0. The van der Waals surface area contributed by atoms with Crippen LogP contribution in [0.25, 0.3) is 0 Å². The Kier molecular flexibility index (Phi) is 4.09. The quantitative estimate of drug-likeness (QED) is 0.678. The maximum atomic E-state index is 11.3. The fourth-order valence-corrected chi connectivity index (χ4v) is 0.854. The number of carbonyl (C=O) groups is 1. The van der Waals surface area contributed by atoms with E-state index in [9.17, 15) is 4.79 Å². The second-order valence-electron chi connectivity index (χ2n) is 2.48. The predicted octanol–water partition coefficient (Wildman–Crippen LogP) is 0.0233. The van der Waals surface area contributed by atoms with Crippen LogP contribution < -0.4 is 5.32 Å². The highest BCUT2D eigenvalue weighted by Crippen LogP contribution is 1.96. The third-order valence-corrected chi connectivity index (χ3v) is 1.61. The SMILES string of the molecule is COC(CNC(=O)c1cnco1)OC. The average molecular weight is 200 g/mol.